The van der Waals surface area contributed by atoms with Gasteiger partial charge in [-0.15, -0.1) is 0 Å². The fourth-order valence-electron chi connectivity index (χ4n) is 1.47. The van der Waals surface area contributed by atoms with Gasteiger partial charge in [-0.25, -0.2) is 0 Å². The molecule has 16 heavy (non-hydrogen) atoms. The summed E-state index contributed by atoms with van der Waals surface area (Å²) in [7, 11) is 1.64. The molecule has 0 fully saturated rings. The van der Waals surface area contributed by atoms with Crippen molar-refractivity contribution >= 4 is 11.7 Å². The number of H-pyrrole nitrogens is 1. The Balaban J connectivity index is 2.87. The molecular weight excluding hydrogens is 208 g/mol. The quantitative estimate of drug-likeness (QED) is 0.309. The fourth-order valence-corrected chi connectivity index (χ4v) is 1.47. The lowest BCUT2D eigenvalue weighted by molar-refractivity contribution is 0.180. The summed E-state index contributed by atoms with van der Waals surface area (Å²) in [6, 6.07) is 0. The third kappa shape index (κ3) is 2.73. The average molecular weight is 226 g/mol. The number of hydrogen-bond donors (Lipinski definition) is 3. The lowest BCUT2D eigenvalue weighted by Gasteiger charge is -2.05. The van der Waals surface area contributed by atoms with Crippen molar-refractivity contribution < 1.29 is 9.94 Å². The van der Waals surface area contributed by atoms with E-state index in [1.165, 1.54) is 0 Å². The Hall–Kier alpha value is -1.56. The van der Waals surface area contributed by atoms with Crippen LogP contribution in [0, 0.1) is 0 Å². The highest BCUT2D eigenvalue weighted by Gasteiger charge is 2.12. The van der Waals surface area contributed by atoms with Gasteiger partial charge < -0.3 is 15.3 Å². The van der Waals surface area contributed by atoms with E-state index in [1.54, 1.807) is 7.11 Å². The van der Waals surface area contributed by atoms with Crippen LogP contribution in [-0.2, 0) is 17.8 Å². The summed E-state index contributed by atoms with van der Waals surface area (Å²) in [5.74, 6) is 1.19. The fraction of sp³-hybridized carbons (Fsp3) is 0.600. The van der Waals surface area contributed by atoms with Crippen LogP contribution in [0.4, 0.5) is 5.82 Å². The van der Waals surface area contributed by atoms with Crippen LogP contribution in [0.5, 0.6) is 0 Å². The van der Waals surface area contributed by atoms with Gasteiger partial charge in [-0.05, 0) is 6.42 Å². The number of nitrogens with zero attached hydrogens (tertiary/aromatic N) is 2. The van der Waals surface area contributed by atoms with Gasteiger partial charge in [-0.1, -0.05) is 19.0 Å². The third-order valence-corrected chi connectivity index (χ3v) is 2.31. The molecule has 0 atom stereocenters. The van der Waals surface area contributed by atoms with Crippen molar-refractivity contribution in [2.75, 3.05) is 12.4 Å². The van der Waals surface area contributed by atoms with E-state index in [1.807, 2.05) is 13.8 Å². The Labute approximate surface area is 94.7 Å². The number of aromatic nitrogens is 2. The maximum atomic E-state index is 8.72. The second-order valence-electron chi connectivity index (χ2n) is 3.34. The van der Waals surface area contributed by atoms with Crippen LogP contribution >= 0.6 is 0 Å². The Bertz CT molecular complexity index is 360. The van der Waals surface area contributed by atoms with Crippen LogP contribution in [0.1, 0.15) is 31.5 Å². The molecule has 0 amide bonds. The summed E-state index contributed by atoms with van der Waals surface area (Å²) in [5, 5.41) is 21.9. The molecule has 0 aliphatic rings. The van der Waals surface area contributed by atoms with Crippen LogP contribution in [0.25, 0.3) is 0 Å². The lowest BCUT2D eigenvalue weighted by Crippen LogP contribution is -2.12. The van der Waals surface area contributed by atoms with E-state index >= 15 is 0 Å². The molecule has 3 N–H and O–H groups in total. The molecule has 0 radical (unpaired) electrons. The van der Waals surface area contributed by atoms with E-state index in [0.717, 1.165) is 17.7 Å². The summed E-state index contributed by atoms with van der Waals surface area (Å²) in [6.07, 6.45) is 1.45. The highest BCUT2D eigenvalue weighted by atomic mass is 16.5. The van der Waals surface area contributed by atoms with Gasteiger partial charge in [0.05, 0.1) is 12.3 Å². The third-order valence-electron chi connectivity index (χ3n) is 2.31. The number of aromatic amines is 1. The van der Waals surface area contributed by atoms with Crippen LogP contribution < -0.4 is 5.32 Å². The van der Waals surface area contributed by atoms with Crippen LogP contribution in [0.2, 0.25) is 0 Å². The monoisotopic (exact) mass is 226 g/mol. The summed E-state index contributed by atoms with van der Waals surface area (Å²) >= 11 is 0. The molecule has 1 aromatic rings. The number of anilines is 1. The Kier molecular flexibility index (Phi) is 4.78. The van der Waals surface area contributed by atoms with E-state index in [0.29, 0.717) is 24.7 Å². The second-order valence-corrected chi connectivity index (χ2v) is 3.34. The van der Waals surface area contributed by atoms with Crippen molar-refractivity contribution in [3.63, 3.8) is 0 Å². The minimum Gasteiger partial charge on any atom is -0.409 e. The van der Waals surface area contributed by atoms with Crippen molar-refractivity contribution in [1.82, 2.24) is 10.2 Å². The lowest BCUT2D eigenvalue weighted by atomic mass is 10.2. The van der Waals surface area contributed by atoms with Gasteiger partial charge in [0.15, 0.2) is 5.82 Å². The molecule has 90 valence electrons. The number of nitrogens with one attached hydrogen (secondary N) is 2. The van der Waals surface area contributed by atoms with E-state index in [4.69, 9.17) is 9.94 Å². The number of oxime groups is 1. The Morgan fingerprint density at radius 2 is 2.31 bits per heavy atom. The topological polar surface area (TPSA) is 82.5 Å². The van der Waals surface area contributed by atoms with Gasteiger partial charge in [0.2, 0.25) is 0 Å². The molecule has 0 aromatic carbocycles. The molecular formula is C10H18N4O2. The molecule has 1 rings (SSSR count). The summed E-state index contributed by atoms with van der Waals surface area (Å²) in [4.78, 5) is 0. The zero-order chi connectivity index (χ0) is 12.0. The maximum Gasteiger partial charge on any atom is 0.156 e. The first-order valence-electron chi connectivity index (χ1n) is 5.29. The van der Waals surface area contributed by atoms with Crippen molar-refractivity contribution in [2.24, 2.45) is 5.16 Å². The summed E-state index contributed by atoms with van der Waals surface area (Å²) in [5.41, 5.74) is 2.00. The molecule has 6 nitrogen and oxygen atoms in total. The molecule has 6 heteroatoms. The van der Waals surface area contributed by atoms with Crippen molar-refractivity contribution in [3.8, 4) is 0 Å². The molecule has 0 saturated carbocycles. The highest BCUT2D eigenvalue weighted by molar-refractivity contribution is 5.94. The smallest absolute Gasteiger partial charge is 0.156 e. The molecule has 1 heterocycles. The molecule has 0 bridgehead atoms. The van der Waals surface area contributed by atoms with Gasteiger partial charge >= 0.3 is 0 Å². The molecule has 0 unspecified atom stereocenters. The standard InChI is InChI=1S/C10H18N4O2/c1-4-7-8(6-16-3)12-13-10(7)11-9(5-2)14-15/h15H,4-6H2,1-3H3,(H2,11,12,13,14). The van der Waals surface area contributed by atoms with Crippen molar-refractivity contribution in [1.29, 1.82) is 0 Å². The summed E-state index contributed by atoms with van der Waals surface area (Å²) in [6.45, 7) is 4.43. The number of amidine groups is 1. The first kappa shape index (κ1) is 12.5. The number of ether oxygens (including phenoxy) is 1. The first-order valence-corrected chi connectivity index (χ1v) is 5.29. The molecule has 1 aromatic heterocycles. The van der Waals surface area contributed by atoms with Gasteiger partial charge in [0.25, 0.3) is 0 Å². The number of rotatable bonds is 5. The highest BCUT2D eigenvalue weighted by Crippen LogP contribution is 2.18. The molecule has 0 aliphatic carbocycles. The van der Waals surface area contributed by atoms with Crippen LogP contribution in [-0.4, -0.2) is 28.4 Å². The van der Waals surface area contributed by atoms with E-state index in [-0.39, 0.29) is 0 Å². The zero-order valence-electron chi connectivity index (χ0n) is 9.87. The van der Waals surface area contributed by atoms with Crippen molar-refractivity contribution in [3.05, 3.63) is 11.3 Å². The van der Waals surface area contributed by atoms with Crippen molar-refractivity contribution in [2.45, 2.75) is 33.3 Å². The van der Waals surface area contributed by atoms with E-state index < -0.39 is 0 Å². The summed E-state index contributed by atoms with van der Waals surface area (Å²) < 4.78 is 5.06. The van der Waals surface area contributed by atoms with E-state index in [2.05, 4.69) is 20.7 Å². The van der Waals surface area contributed by atoms with Gasteiger partial charge in [0.1, 0.15) is 5.84 Å². The minimum atomic E-state index is 0.491. The SMILES string of the molecule is CCC(=NO)Nc1n[nH]c(COC)c1CC. The zero-order valence-corrected chi connectivity index (χ0v) is 9.87. The largest absolute Gasteiger partial charge is 0.409 e. The van der Waals surface area contributed by atoms with Crippen LogP contribution in [0.3, 0.4) is 0 Å². The van der Waals surface area contributed by atoms with Gasteiger partial charge in [-0.2, -0.15) is 5.10 Å². The Morgan fingerprint density at radius 1 is 1.56 bits per heavy atom. The number of hydrogen-bond acceptors (Lipinski definition) is 4. The second kappa shape index (κ2) is 6.12. The molecule has 0 spiro atoms. The van der Waals surface area contributed by atoms with E-state index in [9.17, 15) is 0 Å². The van der Waals surface area contributed by atoms with Gasteiger partial charge in [-0.3, -0.25) is 5.10 Å². The van der Waals surface area contributed by atoms with Gasteiger partial charge in [0, 0.05) is 19.1 Å². The average Bonchev–Trinajstić information content (AvgIpc) is 2.68. The maximum absolute atomic E-state index is 8.72. The molecule has 0 saturated heterocycles. The minimum absolute atomic E-state index is 0.491. The predicted molar refractivity (Wildman–Crippen MR) is 61.8 cm³/mol. The normalized spacial score (nSPS) is 11.8. The molecule has 0 aliphatic heterocycles. The Morgan fingerprint density at radius 3 is 2.81 bits per heavy atom. The first-order chi connectivity index (χ1) is 7.76. The predicted octanol–water partition coefficient (Wildman–Crippen LogP) is 1.73. The number of methoxy groups -OCH3 is 1. The van der Waals surface area contributed by atoms with Crippen LogP contribution in [0.15, 0.2) is 5.16 Å².